The van der Waals surface area contributed by atoms with Crippen LogP contribution in [0.1, 0.15) is 41.1 Å². The SMILES string of the molecule is Cc1cccc(NC(=O)/C=C/c2ccc3c(c2)C2CCCN2CC3)c1. The topological polar surface area (TPSA) is 32.3 Å². The second-order valence-corrected chi connectivity index (χ2v) is 7.09. The molecule has 128 valence electrons. The summed E-state index contributed by atoms with van der Waals surface area (Å²) in [6.07, 6.45) is 7.24. The number of hydrogen-bond acceptors (Lipinski definition) is 2. The molecule has 2 aromatic carbocycles. The fourth-order valence-corrected chi connectivity index (χ4v) is 4.04. The van der Waals surface area contributed by atoms with E-state index in [0.29, 0.717) is 6.04 Å². The minimum absolute atomic E-state index is 0.0918. The average molecular weight is 332 g/mol. The maximum atomic E-state index is 12.2. The number of carbonyl (C=O) groups is 1. The minimum Gasteiger partial charge on any atom is -0.323 e. The molecule has 3 heteroatoms. The number of amides is 1. The van der Waals surface area contributed by atoms with E-state index in [2.05, 4.69) is 28.4 Å². The molecular weight excluding hydrogens is 308 g/mol. The molecule has 2 aromatic rings. The second kappa shape index (κ2) is 6.85. The van der Waals surface area contributed by atoms with Crippen molar-refractivity contribution in [2.45, 2.75) is 32.2 Å². The Morgan fingerprint density at radius 3 is 3.00 bits per heavy atom. The van der Waals surface area contributed by atoms with Crippen LogP contribution in [0.2, 0.25) is 0 Å². The third kappa shape index (κ3) is 3.52. The Hall–Kier alpha value is -2.39. The molecule has 2 aliphatic rings. The van der Waals surface area contributed by atoms with E-state index in [-0.39, 0.29) is 5.91 Å². The zero-order valence-corrected chi connectivity index (χ0v) is 14.7. The Morgan fingerprint density at radius 2 is 2.12 bits per heavy atom. The number of nitrogens with zero attached hydrogens (tertiary/aromatic N) is 1. The molecule has 0 saturated carbocycles. The van der Waals surface area contributed by atoms with Crippen molar-refractivity contribution in [2.75, 3.05) is 18.4 Å². The summed E-state index contributed by atoms with van der Waals surface area (Å²) in [4.78, 5) is 14.8. The predicted molar refractivity (Wildman–Crippen MR) is 103 cm³/mol. The summed E-state index contributed by atoms with van der Waals surface area (Å²) < 4.78 is 0. The summed E-state index contributed by atoms with van der Waals surface area (Å²) >= 11 is 0. The van der Waals surface area contributed by atoms with Gasteiger partial charge in [-0.05, 0) is 79.3 Å². The maximum absolute atomic E-state index is 12.2. The van der Waals surface area contributed by atoms with Crippen molar-refractivity contribution < 1.29 is 4.79 Å². The van der Waals surface area contributed by atoms with Crippen molar-refractivity contribution in [2.24, 2.45) is 0 Å². The first-order chi connectivity index (χ1) is 12.2. The van der Waals surface area contributed by atoms with Gasteiger partial charge >= 0.3 is 0 Å². The van der Waals surface area contributed by atoms with E-state index in [1.807, 2.05) is 37.3 Å². The van der Waals surface area contributed by atoms with Crippen LogP contribution in [-0.4, -0.2) is 23.9 Å². The molecule has 1 amide bonds. The number of aryl methyl sites for hydroxylation is 1. The Labute approximate surface area is 149 Å². The summed E-state index contributed by atoms with van der Waals surface area (Å²) in [5.41, 5.74) is 6.01. The number of benzene rings is 2. The van der Waals surface area contributed by atoms with Crippen LogP contribution in [0.15, 0.2) is 48.5 Å². The summed E-state index contributed by atoms with van der Waals surface area (Å²) in [5.74, 6) is -0.0918. The van der Waals surface area contributed by atoms with Gasteiger partial charge < -0.3 is 5.32 Å². The Balaban J connectivity index is 1.48. The molecule has 1 fully saturated rings. The molecule has 2 heterocycles. The first kappa shape index (κ1) is 16.1. The molecular formula is C22H24N2O. The molecule has 0 aliphatic carbocycles. The van der Waals surface area contributed by atoms with E-state index in [0.717, 1.165) is 23.2 Å². The van der Waals surface area contributed by atoms with Gasteiger partial charge in [0.2, 0.25) is 5.91 Å². The van der Waals surface area contributed by atoms with Crippen molar-refractivity contribution in [3.63, 3.8) is 0 Å². The normalized spacial score (nSPS) is 19.6. The Bertz CT molecular complexity index is 825. The highest BCUT2D eigenvalue weighted by Gasteiger charge is 2.30. The van der Waals surface area contributed by atoms with E-state index in [9.17, 15) is 4.79 Å². The summed E-state index contributed by atoms with van der Waals surface area (Å²) in [5, 5.41) is 2.92. The van der Waals surface area contributed by atoms with Gasteiger partial charge in [-0.1, -0.05) is 24.3 Å². The van der Waals surface area contributed by atoms with Crippen LogP contribution < -0.4 is 5.32 Å². The number of hydrogen-bond donors (Lipinski definition) is 1. The smallest absolute Gasteiger partial charge is 0.248 e. The third-order valence-electron chi connectivity index (χ3n) is 5.27. The number of fused-ring (bicyclic) bond motifs is 3. The van der Waals surface area contributed by atoms with Crippen molar-refractivity contribution >= 4 is 17.7 Å². The lowest BCUT2D eigenvalue weighted by Gasteiger charge is -2.32. The van der Waals surface area contributed by atoms with Crippen molar-refractivity contribution in [1.82, 2.24) is 4.90 Å². The standard InChI is InChI=1S/C22H24N2O/c1-16-4-2-5-19(14-16)23-22(25)10-8-17-7-9-18-11-13-24-12-3-6-21(24)20(18)15-17/h2,4-5,7-10,14-15,21H,3,6,11-13H2,1H3,(H,23,25)/b10-8+. The van der Waals surface area contributed by atoms with E-state index < -0.39 is 0 Å². The van der Waals surface area contributed by atoms with E-state index >= 15 is 0 Å². The zero-order valence-electron chi connectivity index (χ0n) is 14.7. The van der Waals surface area contributed by atoms with Gasteiger partial charge in [0.25, 0.3) is 0 Å². The molecule has 1 saturated heterocycles. The summed E-state index contributed by atoms with van der Waals surface area (Å²) in [6.45, 7) is 4.43. The van der Waals surface area contributed by atoms with E-state index in [1.165, 1.54) is 37.1 Å². The quantitative estimate of drug-likeness (QED) is 0.848. The fraction of sp³-hybridized carbons (Fsp3) is 0.318. The monoisotopic (exact) mass is 332 g/mol. The number of rotatable bonds is 3. The van der Waals surface area contributed by atoms with Crippen LogP contribution in [0.3, 0.4) is 0 Å². The molecule has 0 radical (unpaired) electrons. The van der Waals surface area contributed by atoms with Gasteiger partial charge in [0.05, 0.1) is 0 Å². The minimum atomic E-state index is -0.0918. The lowest BCUT2D eigenvalue weighted by atomic mass is 9.91. The van der Waals surface area contributed by atoms with Gasteiger partial charge in [0, 0.05) is 24.4 Å². The molecule has 3 nitrogen and oxygen atoms in total. The van der Waals surface area contributed by atoms with E-state index in [4.69, 9.17) is 0 Å². The third-order valence-corrected chi connectivity index (χ3v) is 5.27. The molecule has 0 spiro atoms. The van der Waals surface area contributed by atoms with Crippen LogP contribution in [0.5, 0.6) is 0 Å². The van der Waals surface area contributed by atoms with E-state index in [1.54, 1.807) is 6.08 Å². The number of nitrogens with one attached hydrogen (secondary N) is 1. The predicted octanol–water partition coefficient (Wildman–Crippen LogP) is 4.34. The van der Waals surface area contributed by atoms with Crippen LogP contribution in [0.25, 0.3) is 6.08 Å². The van der Waals surface area contributed by atoms with Crippen molar-refractivity contribution in [1.29, 1.82) is 0 Å². The van der Waals surface area contributed by atoms with Crippen molar-refractivity contribution in [3.8, 4) is 0 Å². The maximum Gasteiger partial charge on any atom is 0.248 e. The van der Waals surface area contributed by atoms with Crippen LogP contribution in [0, 0.1) is 6.92 Å². The first-order valence-corrected chi connectivity index (χ1v) is 9.12. The fourth-order valence-electron chi connectivity index (χ4n) is 4.04. The zero-order chi connectivity index (χ0) is 17.2. The van der Waals surface area contributed by atoms with Gasteiger partial charge in [-0.25, -0.2) is 0 Å². The molecule has 1 unspecified atom stereocenters. The van der Waals surface area contributed by atoms with Crippen molar-refractivity contribution in [3.05, 3.63) is 70.8 Å². The highest BCUT2D eigenvalue weighted by atomic mass is 16.1. The summed E-state index contributed by atoms with van der Waals surface area (Å²) in [7, 11) is 0. The number of carbonyl (C=O) groups excluding carboxylic acids is 1. The van der Waals surface area contributed by atoms with Crippen LogP contribution in [-0.2, 0) is 11.2 Å². The van der Waals surface area contributed by atoms with Gasteiger partial charge in [0.1, 0.15) is 0 Å². The Kier molecular flexibility index (Phi) is 4.41. The van der Waals surface area contributed by atoms with Crippen LogP contribution in [0.4, 0.5) is 5.69 Å². The highest BCUT2D eigenvalue weighted by molar-refractivity contribution is 6.01. The lowest BCUT2D eigenvalue weighted by molar-refractivity contribution is -0.111. The molecule has 1 N–H and O–H groups in total. The molecule has 4 rings (SSSR count). The van der Waals surface area contributed by atoms with Gasteiger partial charge in [-0.3, -0.25) is 9.69 Å². The summed E-state index contributed by atoms with van der Waals surface area (Å²) in [6, 6.07) is 15.1. The van der Waals surface area contributed by atoms with Gasteiger partial charge in [-0.15, -0.1) is 0 Å². The first-order valence-electron chi connectivity index (χ1n) is 9.12. The Morgan fingerprint density at radius 1 is 1.20 bits per heavy atom. The molecule has 1 atom stereocenters. The molecule has 0 bridgehead atoms. The van der Waals surface area contributed by atoms with Gasteiger partial charge in [-0.2, -0.15) is 0 Å². The largest absolute Gasteiger partial charge is 0.323 e. The number of anilines is 1. The molecule has 0 aromatic heterocycles. The molecule has 25 heavy (non-hydrogen) atoms. The highest BCUT2D eigenvalue weighted by Crippen LogP contribution is 2.37. The van der Waals surface area contributed by atoms with Crippen LogP contribution >= 0.6 is 0 Å². The lowest BCUT2D eigenvalue weighted by Crippen LogP contribution is -2.30. The average Bonchev–Trinajstić information content (AvgIpc) is 3.09. The second-order valence-electron chi connectivity index (χ2n) is 7.09. The molecule has 2 aliphatic heterocycles. The van der Waals surface area contributed by atoms with Gasteiger partial charge in [0.15, 0.2) is 0 Å².